The molecule has 0 amide bonds. The van der Waals surface area contributed by atoms with E-state index in [0.29, 0.717) is 21.0 Å². The summed E-state index contributed by atoms with van der Waals surface area (Å²) in [5.41, 5.74) is 0.0155. The maximum atomic E-state index is 12.0. The van der Waals surface area contributed by atoms with Gasteiger partial charge < -0.3 is 9.47 Å². The number of ether oxygens (including phenoxy) is 2. The van der Waals surface area contributed by atoms with Crippen molar-refractivity contribution in [1.29, 1.82) is 0 Å². The van der Waals surface area contributed by atoms with Crippen molar-refractivity contribution >= 4 is 52.5 Å². The number of nitrogens with zero attached hydrogens (tertiary/aromatic N) is 2. The molecular formula is C14H11Cl3N2O3S. The normalized spacial score (nSPS) is 10.4. The predicted molar refractivity (Wildman–Crippen MR) is 91.1 cm³/mol. The number of halogens is 3. The van der Waals surface area contributed by atoms with Crippen molar-refractivity contribution < 1.29 is 14.3 Å². The van der Waals surface area contributed by atoms with E-state index in [4.69, 9.17) is 44.3 Å². The average Bonchev–Trinajstić information content (AvgIpc) is 2.54. The molecule has 0 N–H and O–H groups in total. The van der Waals surface area contributed by atoms with Crippen molar-refractivity contribution in [2.75, 3.05) is 19.5 Å². The molecule has 1 heterocycles. The van der Waals surface area contributed by atoms with Crippen LogP contribution >= 0.6 is 46.6 Å². The van der Waals surface area contributed by atoms with E-state index in [1.807, 2.05) is 0 Å². The van der Waals surface area contributed by atoms with Gasteiger partial charge in [0.25, 0.3) is 0 Å². The maximum Gasteiger partial charge on any atom is 0.358 e. The molecule has 0 saturated carbocycles. The summed E-state index contributed by atoms with van der Waals surface area (Å²) in [6.07, 6.45) is 3.15. The Bertz CT molecular complexity index is 695. The van der Waals surface area contributed by atoms with Crippen molar-refractivity contribution in [3.8, 4) is 5.75 Å². The van der Waals surface area contributed by atoms with Gasteiger partial charge in [-0.05, 0) is 18.4 Å². The van der Waals surface area contributed by atoms with Gasteiger partial charge in [0, 0.05) is 0 Å². The van der Waals surface area contributed by atoms with Crippen LogP contribution in [-0.4, -0.2) is 35.4 Å². The third-order valence-electron chi connectivity index (χ3n) is 2.58. The lowest BCUT2D eigenvalue weighted by atomic mass is 10.3. The smallest absolute Gasteiger partial charge is 0.358 e. The van der Waals surface area contributed by atoms with Gasteiger partial charge in [0.05, 0.1) is 21.3 Å². The van der Waals surface area contributed by atoms with E-state index in [0.717, 1.165) is 0 Å². The molecule has 0 aliphatic rings. The molecule has 2 rings (SSSR count). The fourth-order valence-corrected chi connectivity index (χ4v) is 2.57. The van der Waals surface area contributed by atoms with Gasteiger partial charge in [0.2, 0.25) is 0 Å². The molecule has 0 bridgehead atoms. The molecule has 2 aromatic rings. The van der Waals surface area contributed by atoms with Crippen LogP contribution in [0.25, 0.3) is 0 Å². The van der Waals surface area contributed by atoms with Crippen LogP contribution in [0.1, 0.15) is 10.5 Å². The Hall–Kier alpha value is -1.21. The van der Waals surface area contributed by atoms with E-state index < -0.39 is 5.97 Å². The minimum absolute atomic E-state index is 0.00464. The Balaban J connectivity index is 1.90. The maximum absolute atomic E-state index is 12.0. The first kappa shape index (κ1) is 18.1. The molecule has 0 aliphatic heterocycles. The quantitative estimate of drug-likeness (QED) is 0.314. The zero-order valence-electron chi connectivity index (χ0n) is 11.9. The molecule has 0 spiro atoms. The first-order valence-electron chi connectivity index (χ1n) is 6.33. The number of rotatable bonds is 6. The van der Waals surface area contributed by atoms with Gasteiger partial charge in [-0.25, -0.2) is 14.8 Å². The third-order valence-corrected chi connectivity index (χ3v) is 4.01. The van der Waals surface area contributed by atoms with Crippen molar-refractivity contribution in [2.45, 2.75) is 5.16 Å². The van der Waals surface area contributed by atoms with Gasteiger partial charge in [0.1, 0.15) is 13.2 Å². The van der Waals surface area contributed by atoms with Gasteiger partial charge in [-0.3, -0.25) is 0 Å². The molecule has 0 radical (unpaired) electrons. The number of esters is 1. The highest BCUT2D eigenvalue weighted by Crippen LogP contribution is 2.32. The van der Waals surface area contributed by atoms with Crippen molar-refractivity contribution in [3.63, 3.8) is 0 Å². The molecule has 1 aromatic heterocycles. The molecule has 0 saturated heterocycles. The average molecular weight is 394 g/mol. The summed E-state index contributed by atoms with van der Waals surface area (Å²) >= 11 is 19.1. The Morgan fingerprint density at radius 3 is 2.52 bits per heavy atom. The van der Waals surface area contributed by atoms with E-state index in [1.54, 1.807) is 24.5 Å². The summed E-state index contributed by atoms with van der Waals surface area (Å²) < 4.78 is 10.5. The predicted octanol–water partition coefficient (Wildman–Crippen LogP) is 4.39. The van der Waals surface area contributed by atoms with Gasteiger partial charge in [0.15, 0.2) is 16.6 Å². The second-order valence-corrected chi connectivity index (χ2v) is 6.08. The van der Waals surface area contributed by atoms with E-state index >= 15 is 0 Å². The fourth-order valence-electron chi connectivity index (χ4n) is 1.56. The van der Waals surface area contributed by atoms with E-state index in [2.05, 4.69) is 9.97 Å². The summed E-state index contributed by atoms with van der Waals surface area (Å²) in [5, 5.41) is 1.32. The number of carbonyl (C=O) groups excluding carboxylic acids is 1. The van der Waals surface area contributed by atoms with Crippen molar-refractivity contribution in [2.24, 2.45) is 0 Å². The number of aromatic nitrogens is 2. The highest BCUT2D eigenvalue weighted by atomic mass is 35.5. The SMILES string of the molecule is CSc1ncc(Cl)c(C(=O)OCCOc2c(Cl)cccc2Cl)n1. The van der Waals surface area contributed by atoms with Crippen LogP contribution in [0.2, 0.25) is 15.1 Å². The van der Waals surface area contributed by atoms with Crippen LogP contribution in [0.3, 0.4) is 0 Å². The van der Waals surface area contributed by atoms with Crippen molar-refractivity contribution in [3.05, 3.63) is 45.2 Å². The van der Waals surface area contributed by atoms with Crippen LogP contribution in [0, 0.1) is 0 Å². The Labute approximate surface area is 152 Å². The number of benzene rings is 1. The van der Waals surface area contributed by atoms with Gasteiger partial charge in [-0.1, -0.05) is 52.6 Å². The zero-order chi connectivity index (χ0) is 16.8. The van der Waals surface area contributed by atoms with Gasteiger partial charge in [-0.15, -0.1) is 0 Å². The molecule has 23 heavy (non-hydrogen) atoms. The fraction of sp³-hybridized carbons (Fsp3) is 0.214. The highest BCUT2D eigenvalue weighted by Gasteiger charge is 2.16. The van der Waals surface area contributed by atoms with Crippen LogP contribution in [0.15, 0.2) is 29.6 Å². The van der Waals surface area contributed by atoms with Gasteiger partial charge in [-0.2, -0.15) is 0 Å². The molecule has 9 heteroatoms. The summed E-state index contributed by atoms with van der Waals surface area (Å²) in [6, 6.07) is 5.01. The number of hydrogen-bond acceptors (Lipinski definition) is 6. The first-order chi connectivity index (χ1) is 11.0. The van der Waals surface area contributed by atoms with E-state index in [1.165, 1.54) is 18.0 Å². The van der Waals surface area contributed by atoms with Crippen LogP contribution < -0.4 is 4.74 Å². The molecule has 0 aliphatic carbocycles. The summed E-state index contributed by atoms with van der Waals surface area (Å²) in [7, 11) is 0. The molecule has 0 unspecified atom stereocenters. The molecular weight excluding hydrogens is 383 g/mol. The molecule has 0 fully saturated rings. The summed E-state index contributed by atoms with van der Waals surface area (Å²) in [5.74, 6) is -0.307. The highest BCUT2D eigenvalue weighted by molar-refractivity contribution is 7.98. The molecule has 5 nitrogen and oxygen atoms in total. The van der Waals surface area contributed by atoms with Crippen LogP contribution in [-0.2, 0) is 4.74 Å². The number of para-hydroxylation sites is 1. The van der Waals surface area contributed by atoms with Crippen LogP contribution in [0.5, 0.6) is 5.75 Å². The molecule has 0 atom stereocenters. The minimum atomic E-state index is -0.651. The minimum Gasteiger partial charge on any atom is -0.487 e. The second-order valence-electron chi connectivity index (χ2n) is 4.09. The first-order valence-corrected chi connectivity index (χ1v) is 8.69. The lowest BCUT2D eigenvalue weighted by Crippen LogP contribution is -2.14. The summed E-state index contributed by atoms with van der Waals surface area (Å²) in [4.78, 5) is 19.9. The third kappa shape index (κ3) is 4.88. The largest absolute Gasteiger partial charge is 0.487 e. The Morgan fingerprint density at radius 2 is 1.87 bits per heavy atom. The zero-order valence-corrected chi connectivity index (χ0v) is 15.0. The monoisotopic (exact) mass is 392 g/mol. The lowest BCUT2D eigenvalue weighted by Gasteiger charge is -2.10. The Morgan fingerprint density at radius 1 is 1.17 bits per heavy atom. The van der Waals surface area contributed by atoms with E-state index in [-0.39, 0.29) is 23.9 Å². The molecule has 1 aromatic carbocycles. The van der Waals surface area contributed by atoms with Crippen LogP contribution in [0.4, 0.5) is 0 Å². The number of thioether (sulfide) groups is 1. The lowest BCUT2D eigenvalue weighted by molar-refractivity contribution is 0.0443. The van der Waals surface area contributed by atoms with Crippen molar-refractivity contribution in [1.82, 2.24) is 9.97 Å². The topological polar surface area (TPSA) is 61.3 Å². The number of carbonyl (C=O) groups is 1. The second kappa shape index (κ2) is 8.59. The summed E-state index contributed by atoms with van der Waals surface area (Å²) in [6.45, 7) is 0.0859. The standard InChI is InChI=1S/C14H11Cl3N2O3S/c1-23-14-18-7-10(17)11(19-14)13(20)22-6-5-21-12-8(15)3-2-4-9(12)16/h2-4,7H,5-6H2,1H3. The number of hydrogen-bond donors (Lipinski definition) is 0. The Kier molecular flexibility index (Phi) is 6.77. The van der Waals surface area contributed by atoms with E-state index in [9.17, 15) is 4.79 Å². The molecule has 122 valence electrons. The van der Waals surface area contributed by atoms with Gasteiger partial charge >= 0.3 is 5.97 Å².